The fraction of sp³-hybridized carbons (Fsp3) is 0.750. The predicted octanol–water partition coefficient (Wildman–Crippen LogP) is 1.35. The van der Waals surface area contributed by atoms with Gasteiger partial charge in [0, 0.05) is 0 Å². The summed E-state index contributed by atoms with van der Waals surface area (Å²) in [5.41, 5.74) is 0. The number of aliphatic hydroxyl groups excluding tert-OH is 1. The number of aliphatic hydroxyl groups is 1. The van der Waals surface area contributed by atoms with Crippen LogP contribution in [0.1, 0.15) is 20.3 Å². The number of ether oxygens (including phenoxy) is 1. The maximum Gasteiger partial charge on any atom is 0.0745 e. The molecule has 1 unspecified atom stereocenters. The van der Waals surface area contributed by atoms with Crippen LogP contribution in [0.5, 0.6) is 0 Å². The highest BCUT2D eigenvalue weighted by Gasteiger charge is 1.91. The van der Waals surface area contributed by atoms with E-state index in [4.69, 9.17) is 9.84 Å². The smallest absolute Gasteiger partial charge is 0.0745 e. The Labute approximate surface area is 62.5 Å². The maximum absolute atomic E-state index is 8.76. The highest BCUT2D eigenvalue weighted by Crippen LogP contribution is 1.84. The highest BCUT2D eigenvalue weighted by molar-refractivity contribution is 4.79. The maximum atomic E-state index is 8.76. The van der Waals surface area contributed by atoms with E-state index in [2.05, 4.69) is 6.92 Å². The minimum absolute atomic E-state index is 0.352. The summed E-state index contributed by atoms with van der Waals surface area (Å²) in [5.74, 6) is 0. The van der Waals surface area contributed by atoms with Gasteiger partial charge in [-0.25, -0.2) is 0 Å². The largest absolute Gasteiger partial charge is 0.391 e. The van der Waals surface area contributed by atoms with Gasteiger partial charge in [-0.3, -0.25) is 0 Å². The van der Waals surface area contributed by atoms with E-state index < -0.39 is 0 Å². The van der Waals surface area contributed by atoms with E-state index in [1.54, 1.807) is 6.92 Å². The van der Waals surface area contributed by atoms with Crippen LogP contribution < -0.4 is 0 Å². The molecule has 0 radical (unpaired) electrons. The Morgan fingerprint density at radius 3 is 2.70 bits per heavy atom. The molecule has 0 amide bonds. The number of rotatable bonds is 5. The Kier molecular flexibility index (Phi) is 6.55. The molecule has 0 aromatic carbocycles. The van der Waals surface area contributed by atoms with E-state index in [0.29, 0.717) is 13.2 Å². The molecule has 0 aliphatic heterocycles. The Bertz CT molecular complexity index is 87.3. The van der Waals surface area contributed by atoms with Crippen LogP contribution in [0.25, 0.3) is 0 Å². The summed E-state index contributed by atoms with van der Waals surface area (Å²) in [4.78, 5) is 0. The van der Waals surface area contributed by atoms with Crippen LogP contribution in [0, 0.1) is 0 Å². The number of hydrogen-bond donors (Lipinski definition) is 1. The molecule has 1 N–H and O–H groups in total. The molecule has 0 aromatic heterocycles. The lowest BCUT2D eigenvalue weighted by molar-refractivity contribution is 0.0598. The molecule has 0 saturated carbocycles. The molecule has 0 aliphatic rings. The third-order valence-corrected chi connectivity index (χ3v) is 0.975. The Morgan fingerprint density at radius 2 is 2.20 bits per heavy atom. The second kappa shape index (κ2) is 6.78. The fourth-order valence-corrected chi connectivity index (χ4v) is 0.541. The zero-order valence-electron chi connectivity index (χ0n) is 6.71. The first-order valence-electron chi connectivity index (χ1n) is 3.68. The molecule has 2 heteroatoms. The average Bonchev–Trinajstić information content (AvgIpc) is 1.87. The first-order valence-corrected chi connectivity index (χ1v) is 3.68. The monoisotopic (exact) mass is 144 g/mol. The molecule has 0 heterocycles. The molecule has 2 nitrogen and oxygen atoms in total. The summed E-state index contributed by atoms with van der Waals surface area (Å²) in [5, 5.41) is 8.76. The zero-order chi connectivity index (χ0) is 7.82. The molecule has 0 aromatic rings. The minimum atomic E-state index is -0.352. The van der Waals surface area contributed by atoms with Crippen LogP contribution in [-0.2, 0) is 4.74 Å². The third kappa shape index (κ3) is 7.66. The van der Waals surface area contributed by atoms with Crippen molar-refractivity contribution in [1.82, 2.24) is 0 Å². The lowest BCUT2D eigenvalue weighted by atomic mass is 10.4. The van der Waals surface area contributed by atoms with Crippen molar-refractivity contribution in [2.24, 2.45) is 0 Å². The fourth-order valence-electron chi connectivity index (χ4n) is 0.541. The van der Waals surface area contributed by atoms with Crippen molar-refractivity contribution in [3.05, 3.63) is 12.2 Å². The van der Waals surface area contributed by atoms with Crippen LogP contribution in [0.4, 0.5) is 0 Å². The summed E-state index contributed by atoms with van der Waals surface area (Å²) < 4.78 is 5.06. The van der Waals surface area contributed by atoms with Gasteiger partial charge in [0.05, 0.1) is 19.3 Å². The van der Waals surface area contributed by atoms with Gasteiger partial charge in [-0.15, -0.1) is 0 Å². The van der Waals surface area contributed by atoms with Crippen LogP contribution in [0.15, 0.2) is 12.2 Å². The minimum Gasteiger partial charge on any atom is -0.391 e. The van der Waals surface area contributed by atoms with Gasteiger partial charge in [0.2, 0.25) is 0 Å². The van der Waals surface area contributed by atoms with E-state index in [-0.39, 0.29) is 6.10 Å². The first kappa shape index (κ1) is 9.66. The summed E-state index contributed by atoms with van der Waals surface area (Å²) in [7, 11) is 0. The van der Waals surface area contributed by atoms with E-state index in [1.165, 1.54) is 0 Å². The summed E-state index contributed by atoms with van der Waals surface area (Å²) in [6.45, 7) is 4.82. The first-order chi connectivity index (χ1) is 4.77. The number of hydrogen-bond acceptors (Lipinski definition) is 2. The molecule has 0 saturated heterocycles. The highest BCUT2D eigenvalue weighted by atomic mass is 16.5. The quantitative estimate of drug-likeness (QED) is 0.466. The summed E-state index contributed by atoms with van der Waals surface area (Å²) >= 11 is 0. The second-order valence-electron chi connectivity index (χ2n) is 2.27. The van der Waals surface area contributed by atoms with Gasteiger partial charge in [0.1, 0.15) is 0 Å². The number of allylic oxidation sites excluding steroid dienone is 1. The molecule has 1 atom stereocenters. The van der Waals surface area contributed by atoms with Crippen molar-refractivity contribution in [2.45, 2.75) is 26.4 Å². The van der Waals surface area contributed by atoms with Gasteiger partial charge in [-0.2, -0.15) is 0 Å². The van der Waals surface area contributed by atoms with Gasteiger partial charge in [0.15, 0.2) is 0 Å². The second-order valence-corrected chi connectivity index (χ2v) is 2.27. The van der Waals surface area contributed by atoms with Gasteiger partial charge >= 0.3 is 0 Å². The molecule has 60 valence electrons. The van der Waals surface area contributed by atoms with Crippen molar-refractivity contribution in [1.29, 1.82) is 0 Å². The van der Waals surface area contributed by atoms with Crippen LogP contribution in [0.3, 0.4) is 0 Å². The average molecular weight is 144 g/mol. The molecule has 0 aliphatic carbocycles. The van der Waals surface area contributed by atoms with Crippen LogP contribution in [-0.4, -0.2) is 24.4 Å². The third-order valence-electron chi connectivity index (χ3n) is 0.975. The van der Waals surface area contributed by atoms with Crippen LogP contribution in [0.2, 0.25) is 0 Å². The van der Waals surface area contributed by atoms with Crippen molar-refractivity contribution in [3.63, 3.8) is 0 Å². The standard InChI is InChI=1S/C8H16O2/c1-3-4-5-6-10-7-8(2)9/h4-5,8-9H,3,6-7H2,1-2H3. The molecule has 0 rings (SSSR count). The summed E-state index contributed by atoms with van der Waals surface area (Å²) in [6.07, 6.45) is 4.69. The SMILES string of the molecule is CCC=CCOCC(C)O. The van der Waals surface area contributed by atoms with Gasteiger partial charge in [-0.1, -0.05) is 19.1 Å². The summed E-state index contributed by atoms with van der Waals surface area (Å²) in [6, 6.07) is 0. The Balaban J connectivity index is 2.97. The zero-order valence-corrected chi connectivity index (χ0v) is 6.71. The van der Waals surface area contributed by atoms with Crippen molar-refractivity contribution < 1.29 is 9.84 Å². The molecular weight excluding hydrogens is 128 g/mol. The molecule has 0 bridgehead atoms. The molecular formula is C8H16O2. The van der Waals surface area contributed by atoms with Crippen LogP contribution >= 0.6 is 0 Å². The molecule has 0 spiro atoms. The van der Waals surface area contributed by atoms with Gasteiger partial charge < -0.3 is 9.84 Å². The Hall–Kier alpha value is -0.340. The van der Waals surface area contributed by atoms with Crippen molar-refractivity contribution in [2.75, 3.05) is 13.2 Å². The van der Waals surface area contributed by atoms with E-state index >= 15 is 0 Å². The lowest BCUT2D eigenvalue weighted by Crippen LogP contribution is -2.09. The van der Waals surface area contributed by atoms with Crippen molar-refractivity contribution in [3.8, 4) is 0 Å². The van der Waals surface area contributed by atoms with Gasteiger partial charge in [-0.05, 0) is 13.3 Å². The molecule has 10 heavy (non-hydrogen) atoms. The van der Waals surface area contributed by atoms with E-state index in [1.807, 2.05) is 12.2 Å². The topological polar surface area (TPSA) is 29.5 Å². The Morgan fingerprint density at radius 1 is 1.50 bits per heavy atom. The normalized spacial score (nSPS) is 14.3. The predicted molar refractivity (Wildman–Crippen MR) is 41.9 cm³/mol. The van der Waals surface area contributed by atoms with Gasteiger partial charge in [0.25, 0.3) is 0 Å². The van der Waals surface area contributed by atoms with Crippen molar-refractivity contribution >= 4 is 0 Å². The van der Waals surface area contributed by atoms with E-state index in [9.17, 15) is 0 Å². The molecule has 0 fully saturated rings. The van der Waals surface area contributed by atoms with E-state index in [0.717, 1.165) is 6.42 Å². The lowest BCUT2D eigenvalue weighted by Gasteiger charge is -2.02.